The zero-order valence-electron chi connectivity index (χ0n) is 23.3. The number of rotatable bonds is 8. The van der Waals surface area contributed by atoms with Crippen LogP contribution >= 0.6 is 11.6 Å². The number of amides is 1. The predicted octanol–water partition coefficient (Wildman–Crippen LogP) is 6.76. The summed E-state index contributed by atoms with van der Waals surface area (Å²) < 4.78 is 87.1. The van der Waals surface area contributed by atoms with Crippen molar-refractivity contribution >= 4 is 17.5 Å². The van der Waals surface area contributed by atoms with Crippen LogP contribution in [-0.2, 0) is 9.53 Å². The van der Waals surface area contributed by atoms with Crippen LogP contribution in [0.5, 0.6) is 0 Å². The fraction of sp³-hybridized carbons (Fsp3) is 0.552. The maximum absolute atomic E-state index is 13.9. The highest BCUT2D eigenvalue weighted by Gasteiger charge is 2.48. The number of likely N-dealkylation sites (N-methyl/N-ethyl adjacent to an activating group) is 1. The predicted molar refractivity (Wildman–Crippen MR) is 146 cm³/mol. The van der Waals surface area contributed by atoms with Crippen molar-refractivity contribution in [1.82, 2.24) is 9.80 Å². The van der Waals surface area contributed by atoms with E-state index in [2.05, 4.69) is 6.58 Å². The Hall–Kier alpha value is -2.34. The molecule has 1 heterocycles. The number of nitrogens with two attached hydrogens (primary N) is 1. The van der Waals surface area contributed by atoms with Crippen molar-refractivity contribution in [2.75, 3.05) is 33.4 Å². The molecule has 228 valence electrons. The van der Waals surface area contributed by atoms with Crippen LogP contribution < -0.4 is 5.73 Å². The monoisotopic (exact) mass is 607 g/mol. The summed E-state index contributed by atoms with van der Waals surface area (Å²) in [4.78, 5) is 17.2. The molecule has 0 aromatic rings. The number of alkyl halides is 6. The lowest BCUT2D eigenvalue weighted by Crippen LogP contribution is -2.48. The summed E-state index contributed by atoms with van der Waals surface area (Å²) in [6.07, 6.45) is -3.59. The van der Waals surface area contributed by atoms with Crippen molar-refractivity contribution in [3.8, 4) is 0 Å². The molecular formula is C29H36ClF6N3O2. The topological polar surface area (TPSA) is 58.8 Å². The first-order valence-corrected chi connectivity index (χ1v) is 13.7. The van der Waals surface area contributed by atoms with Gasteiger partial charge in [0.05, 0.1) is 30.7 Å². The number of halogens is 7. The quantitative estimate of drug-likeness (QED) is 0.245. The van der Waals surface area contributed by atoms with Crippen LogP contribution in [0.2, 0.25) is 0 Å². The van der Waals surface area contributed by atoms with Gasteiger partial charge in [0.25, 0.3) is 0 Å². The highest BCUT2D eigenvalue weighted by atomic mass is 35.5. The normalized spacial score (nSPS) is 22.6. The van der Waals surface area contributed by atoms with Crippen LogP contribution in [0.1, 0.15) is 39.5 Å². The number of morpholine rings is 1. The van der Waals surface area contributed by atoms with E-state index < -0.39 is 47.8 Å². The first-order chi connectivity index (χ1) is 19.0. The van der Waals surface area contributed by atoms with E-state index in [4.69, 9.17) is 22.1 Å². The Kier molecular flexibility index (Phi) is 10.4. The molecule has 5 nitrogen and oxygen atoms in total. The van der Waals surface area contributed by atoms with Crippen LogP contribution in [0.3, 0.4) is 0 Å². The van der Waals surface area contributed by atoms with E-state index in [9.17, 15) is 31.1 Å². The molecule has 3 aliphatic rings. The van der Waals surface area contributed by atoms with Gasteiger partial charge in [0.15, 0.2) is 0 Å². The Labute approximate surface area is 241 Å². The van der Waals surface area contributed by atoms with Crippen LogP contribution in [0.4, 0.5) is 26.3 Å². The summed E-state index contributed by atoms with van der Waals surface area (Å²) in [5.74, 6) is -3.08. The SMILES string of the molecule is C=C/C(=C(\CC(N)N1CCOCC1)C1=C(Cl)C=CCC1)N(C)C(=O)C(C)(C)C1=CC(C(F)(F)F)CC(C(F)(F)F)=C1. The molecule has 0 aromatic carbocycles. The summed E-state index contributed by atoms with van der Waals surface area (Å²) in [6, 6.07) is 0. The van der Waals surface area contributed by atoms with Crippen molar-refractivity contribution in [3.63, 3.8) is 0 Å². The number of hydrogen-bond acceptors (Lipinski definition) is 4. The van der Waals surface area contributed by atoms with Gasteiger partial charge in [-0.1, -0.05) is 36.4 Å². The standard InChI is InChI=1S/C29H36ClF6N3O2/c1-5-24(22(21-8-6-7-9-23(21)30)17-25(37)39-10-12-41-13-11-39)38(4)26(40)27(2,3)18-14-19(28(31,32)33)16-20(15-18)29(34,35)36/h5,7,9,14-15,19,25H,1,6,8,10-13,16-17,37H2,2-4H3/b24-22-. The van der Waals surface area contributed by atoms with Gasteiger partial charge in [-0.15, -0.1) is 0 Å². The average Bonchev–Trinajstić information content (AvgIpc) is 2.91. The molecule has 1 saturated heterocycles. The molecule has 41 heavy (non-hydrogen) atoms. The molecule has 1 fully saturated rings. The van der Waals surface area contributed by atoms with Gasteiger partial charge in [0, 0.05) is 42.9 Å². The minimum absolute atomic E-state index is 0.274. The van der Waals surface area contributed by atoms with Gasteiger partial charge in [0.1, 0.15) is 0 Å². The molecule has 0 saturated carbocycles. The molecule has 3 rings (SSSR count). The zero-order valence-corrected chi connectivity index (χ0v) is 24.1. The lowest BCUT2D eigenvalue weighted by molar-refractivity contribution is -0.166. The minimum atomic E-state index is -4.97. The molecule has 2 N–H and O–H groups in total. The Morgan fingerprint density at radius 3 is 2.41 bits per heavy atom. The summed E-state index contributed by atoms with van der Waals surface area (Å²) in [5, 5.41) is 0.459. The van der Waals surface area contributed by atoms with Crippen molar-refractivity contribution in [1.29, 1.82) is 0 Å². The van der Waals surface area contributed by atoms with Crippen molar-refractivity contribution in [2.24, 2.45) is 17.1 Å². The van der Waals surface area contributed by atoms with Gasteiger partial charge < -0.3 is 15.4 Å². The molecule has 2 aliphatic carbocycles. The van der Waals surface area contributed by atoms with E-state index >= 15 is 0 Å². The second kappa shape index (κ2) is 12.9. The van der Waals surface area contributed by atoms with Crippen LogP contribution in [-0.4, -0.2) is 67.6 Å². The number of allylic oxidation sites excluding steroid dienone is 8. The van der Waals surface area contributed by atoms with E-state index in [1.807, 2.05) is 11.0 Å². The maximum Gasteiger partial charge on any atom is 0.412 e. The van der Waals surface area contributed by atoms with E-state index in [0.29, 0.717) is 61.5 Å². The number of nitrogens with zero attached hydrogens (tertiary/aromatic N) is 2. The van der Waals surface area contributed by atoms with Gasteiger partial charge in [-0.25, -0.2) is 0 Å². The molecule has 1 aliphatic heterocycles. The third-order valence-corrected chi connectivity index (χ3v) is 8.12. The van der Waals surface area contributed by atoms with E-state index in [0.717, 1.165) is 11.6 Å². The van der Waals surface area contributed by atoms with Crippen LogP contribution in [0, 0.1) is 11.3 Å². The first kappa shape index (κ1) is 33.2. The molecule has 1 amide bonds. The molecule has 0 bridgehead atoms. The number of ether oxygens (including phenoxy) is 1. The molecular weight excluding hydrogens is 572 g/mol. The zero-order chi connectivity index (χ0) is 30.8. The Bertz CT molecular complexity index is 1170. The molecule has 0 aromatic heterocycles. The fourth-order valence-electron chi connectivity index (χ4n) is 5.28. The summed E-state index contributed by atoms with van der Waals surface area (Å²) in [5.41, 5.74) is 4.85. The van der Waals surface area contributed by atoms with E-state index in [1.54, 1.807) is 6.08 Å². The number of hydrogen-bond donors (Lipinski definition) is 1. The third kappa shape index (κ3) is 7.74. The van der Waals surface area contributed by atoms with Gasteiger partial charge in [0.2, 0.25) is 5.91 Å². The second-order valence-electron chi connectivity index (χ2n) is 10.9. The van der Waals surface area contributed by atoms with Gasteiger partial charge in [-0.05, 0) is 62.0 Å². The van der Waals surface area contributed by atoms with E-state index in [1.165, 1.54) is 31.9 Å². The Morgan fingerprint density at radius 1 is 1.24 bits per heavy atom. The third-order valence-electron chi connectivity index (χ3n) is 7.77. The highest BCUT2D eigenvalue weighted by Crippen LogP contribution is 2.46. The van der Waals surface area contributed by atoms with Crippen molar-refractivity contribution in [2.45, 2.75) is 58.0 Å². The van der Waals surface area contributed by atoms with Gasteiger partial charge in [-0.3, -0.25) is 9.69 Å². The summed E-state index contributed by atoms with van der Waals surface area (Å²) in [7, 11) is 1.42. The minimum Gasteiger partial charge on any atom is -0.379 e. The molecule has 12 heteroatoms. The second-order valence-corrected chi connectivity index (χ2v) is 11.3. The lowest BCUT2D eigenvalue weighted by atomic mass is 9.76. The van der Waals surface area contributed by atoms with Crippen LogP contribution in [0.15, 0.2) is 70.0 Å². The average molecular weight is 608 g/mol. The summed E-state index contributed by atoms with van der Waals surface area (Å²) >= 11 is 6.58. The molecule has 2 atom stereocenters. The number of carbonyl (C=O) groups excluding carboxylic acids is 1. The van der Waals surface area contributed by atoms with Crippen molar-refractivity contribution < 1.29 is 35.9 Å². The number of carbonyl (C=O) groups is 1. The van der Waals surface area contributed by atoms with E-state index in [-0.39, 0.29) is 12.0 Å². The Morgan fingerprint density at radius 2 is 1.88 bits per heavy atom. The molecule has 2 unspecified atom stereocenters. The highest BCUT2D eigenvalue weighted by molar-refractivity contribution is 6.32. The molecule has 0 radical (unpaired) electrons. The smallest absolute Gasteiger partial charge is 0.379 e. The van der Waals surface area contributed by atoms with Gasteiger partial charge in [-0.2, -0.15) is 26.3 Å². The fourth-order valence-corrected chi connectivity index (χ4v) is 5.58. The van der Waals surface area contributed by atoms with Gasteiger partial charge >= 0.3 is 12.4 Å². The summed E-state index contributed by atoms with van der Waals surface area (Å²) in [6.45, 7) is 8.75. The van der Waals surface area contributed by atoms with Crippen molar-refractivity contribution in [3.05, 3.63) is 70.0 Å². The lowest BCUT2D eigenvalue weighted by Gasteiger charge is -2.37. The largest absolute Gasteiger partial charge is 0.412 e. The Balaban J connectivity index is 2.07. The first-order valence-electron chi connectivity index (χ1n) is 13.3. The van der Waals surface area contributed by atoms with Crippen LogP contribution in [0.25, 0.3) is 0 Å². The molecule has 0 spiro atoms. The maximum atomic E-state index is 13.9.